The van der Waals surface area contributed by atoms with E-state index in [4.69, 9.17) is 11.8 Å². The molecule has 11 heavy (non-hydrogen) atoms. The second kappa shape index (κ2) is 6.45. The van der Waals surface area contributed by atoms with Gasteiger partial charge in [-0.15, -0.1) is 0 Å². The van der Waals surface area contributed by atoms with Crippen LogP contribution in [0.5, 0.6) is 0 Å². The Hall–Kier alpha value is -0.260. The van der Waals surface area contributed by atoms with Crippen LogP contribution in [0.15, 0.2) is 24.3 Å². The van der Waals surface area contributed by atoms with Gasteiger partial charge >= 0.3 is 0 Å². The molecule has 2 heteroatoms. The lowest BCUT2D eigenvalue weighted by atomic mass is 10.2. The largest absolute Gasteiger partial charge is 0.0683 e. The highest BCUT2D eigenvalue weighted by Crippen LogP contribution is 1.98. The topological polar surface area (TPSA) is 0 Å². The van der Waals surface area contributed by atoms with Crippen LogP contribution >= 0.6 is 7.36 Å². The van der Waals surface area contributed by atoms with Crippen molar-refractivity contribution in [1.82, 2.24) is 0 Å². The van der Waals surface area contributed by atoms with Gasteiger partial charge in [0.2, 0.25) is 0 Å². The molecule has 0 spiro atoms. The van der Waals surface area contributed by atoms with Gasteiger partial charge in [-0.3, -0.25) is 0 Å². The van der Waals surface area contributed by atoms with Crippen LogP contribution in [-0.2, 0) is 11.8 Å². The van der Waals surface area contributed by atoms with Gasteiger partial charge in [0.1, 0.15) is 0 Å². The van der Waals surface area contributed by atoms with Crippen LogP contribution < -0.4 is 5.30 Å². The first-order valence-corrected chi connectivity index (χ1v) is 5.64. The molecule has 0 saturated heterocycles. The van der Waals surface area contributed by atoms with Crippen LogP contribution in [-0.4, -0.2) is 0 Å². The van der Waals surface area contributed by atoms with Crippen LogP contribution in [0.1, 0.15) is 19.4 Å². The second-order valence-electron chi connectivity index (χ2n) is 1.93. The first-order valence-electron chi connectivity index (χ1n) is 3.73. The van der Waals surface area contributed by atoms with E-state index >= 15 is 0 Å². The summed E-state index contributed by atoms with van der Waals surface area (Å²) in [5.74, 6) is 0. The number of rotatable bonds is 1. The molecule has 1 rings (SSSR count). The standard InChI is InChI=1S/C7H7PS.C2H6/c1-6-2-4-7(8-9)5-3-6;1-2/h2-5H,1H3;1-2H3. The number of hydrogen-bond acceptors (Lipinski definition) is 1. The lowest BCUT2D eigenvalue weighted by molar-refractivity contribution is 1.49. The summed E-state index contributed by atoms with van der Waals surface area (Å²) in [6, 6.07) is 8.27. The molecule has 0 aliphatic heterocycles. The summed E-state index contributed by atoms with van der Waals surface area (Å²) in [6.45, 7) is 6.07. The van der Waals surface area contributed by atoms with Crippen molar-refractivity contribution >= 4 is 24.5 Å². The SMILES string of the molecule is CC.Cc1ccc(P=S)cc1. The maximum Gasteiger partial charge on any atom is 0.0127 e. The van der Waals surface area contributed by atoms with E-state index in [0.717, 1.165) is 7.36 Å². The Labute approximate surface area is 75.5 Å². The summed E-state index contributed by atoms with van der Waals surface area (Å²) in [4.78, 5) is 0. The Kier molecular flexibility index (Phi) is 6.30. The summed E-state index contributed by atoms with van der Waals surface area (Å²) in [5.41, 5.74) is 1.29. The third kappa shape index (κ3) is 4.23. The van der Waals surface area contributed by atoms with Crippen molar-refractivity contribution in [2.45, 2.75) is 20.8 Å². The lowest BCUT2D eigenvalue weighted by Gasteiger charge is -1.89. The van der Waals surface area contributed by atoms with Gasteiger partial charge in [0.05, 0.1) is 0 Å². The number of hydrogen-bond donors (Lipinski definition) is 0. The summed E-state index contributed by atoms with van der Waals surface area (Å²) in [5, 5.41) is 1.20. The normalized spacial score (nSPS) is 8.64. The smallest absolute Gasteiger partial charge is 0.0127 e. The highest BCUT2D eigenvalue weighted by molar-refractivity contribution is 7.99. The fourth-order valence-electron chi connectivity index (χ4n) is 0.606. The Bertz CT molecular complexity index is 203. The van der Waals surface area contributed by atoms with E-state index in [1.807, 2.05) is 13.8 Å². The van der Waals surface area contributed by atoms with Crippen LogP contribution in [0.2, 0.25) is 0 Å². The van der Waals surface area contributed by atoms with Crippen molar-refractivity contribution in [3.8, 4) is 0 Å². The molecule has 0 aliphatic carbocycles. The number of benzene rings is 1. The third-order valence-corrected chi connectivity index (χ3v) is 2.28. The Morgan fingerprint density at radius 1 is 1.09 bits per heavy atom. The highest BCUT2D eigenvalue weighted by Gasteiger charge is 1.83. The van der Waals surface area contributed by atoms with Gasteiger partial charge in [0.15, 0.2) is 0 Å². The van der Waals surface area contributed by atoms with Crippen molar-refractivity contribution in [2.75, 3.05) is 0 Å². The maximum atomic E-state index is 4.83. The van der Waals surface area contributed by atoms with Crippen molar-refractivity contribution < 1.29 is 0 Å². The molecular weight excluding hydrogens is 171 g/mol. The first-order chi connectivity index (χ1) is 5.33. The van der Waals surface area contributed by atoms with E-state index < -0.39 is 0 Å². The van der Waals surface area contributed by atoms with Crippen molar-refractivity contribution in [2.24, 2.45) is 0 Å². The zero-order valence-electron chi connectivity index (χ0n) is 7.16. The minimum absolute atomic E-state index is 0.935. The minimum Gasteiger partial charge on any atom is -0.0683 e. The van der Waals surface area contributed by atoms with Gasteiger partial charge in [-0.1, -0.05) is 43.4 Å². The average Bonchev–Trinajstić information content (AvgIpc) is 2.10. The minimum atomic E-state index is 0.935. The van der Waals surface area contributed by atoms with E-state index in [-0.39, 0.29) is 0 Å². The fourth-order valence-corrected chi connectivity index (χ4v) is 1.24. The lowest BCUT2D eigenvalue weighted by Crippen LogP contribution is -1.87. The zero-order chi connectivity index (χ0) is 8.69. The van der Waals surface area contributed by atoms with Gasteiger partial charge in [-0.25, -0.2) is 0 Å². The summed E-state index contributed by atoms with van der Waals surface area (Å²) >= 11 is 4.83. The van der Waals surface area contributed by atoms with E-state index in [1.165, 1.54) is 10.9 Å². The molecule has 0 aromatic heterocycles. The van der Waals surface area contributed by atoms with E-state index in [1.54, 1.807) is 0 Å². The molecular formula is C9H13PS. The molecule has 0 nitrogen and oxygen atoms in total. The van der Waals surface area contributed by atoms with E-state index in [9.17, 15) is 0 Å². The fraction of sp³-hybridized carbons (Fsp3) is 0.333. The van der Waals surface area contributed by atoms with E-state index in [2.05, 4.69) is 31.2 Å². The third-order valence-electron chi connectivity index (χ3n) is 1.14. The molecule has 0 saturated carbocycles. The van der Waals surface area contributed by atoms with Crippen molar-refractivity contribution in [3.05, 3.63) is 29.8 Å². The Morgan fingerprint density at radius 2 is 1.55 bits per heavy atom. The first kappa shape index (κ1) is 10.7. The quantitative estimate of drug-likeness (QED) is 0.604. The predicted molar refractivity (Wildman–Crippen MR) is 56.4 cm³/mol. The molecule has 1 aromatic carbocycles. The van der Waals surface area contributed by atoms with Crippen LogP contribution in [0.3, 0.4) is 0 Å². The van der Waals surface area contributed by atoms with E-state index in [0.29, 0.717) is 0 Å². The molecule has 0 atom stereocenters. The van der Waals surface area contributed by atoms with Gasteiger partial charge in [-0.05, 0) is 19.1 Å². The van der Waals surface area contributed by atoms with Crippen molar-refractivity contribution in [3.63, 3.8) is 0 Å². The molecule has 0 heterocycles. The maximum absolute atomic E-state index is 4.83. The average molecular weight is 184 g/mol. The molecule has 0 radical (unpaired) electrons. The Balaban J connectivity index is 0.000000461. The highest BCUT2D eigenvalue weighted by atomic mass is 32.4. The summed E-state index contributed by atoms with van der Waals surface area (Å²) in [7, 11) is 0.935. The monoisotopic (exact) mass is 184 g/mol. The summed E-state index contributed by atoms with van der Waals surface area (Å²) < 4.78 is 0. The Morgan fingerprint density at radius 3 is 1.91 bits per heavy atom. The summed E-state index contributed by atoms with van der Waals surface area (Å²) in [6.07, 6.45) is 0. The number of aryl methyl sites for hydroxylation is 1. The van der Waals surface area contributed by atoms with Crippen LogP contribution in [0, 0.1) is 6.92 Å². The van der Waals surface area contributed by atoms with Crippen molar-refractivity contribution in [1.29, 1.82) is 0 Å². The molecule has 0 unspecified atom stereocenters. The molecule has 0 bridgehead atoms. The molecule has 60 valence electrons. The van der Waals surface area contributed by atoms with Gasteiger partial charge < -0.3 is 0 Å². The zero-order valence-corrected chi connectivity index (χ0v) is 8.88. The molecule has 0 fully saturated rings. The van der Waals surface area contributed by atoms with Gasteiger partial charge in [0.25, 0.3) is 0 Å². The van der Waals surface area contributed by atoms with Gasteiger partial charge in [0, 0.05) is 12.7 Å². The second-order valence-corrected chi connectivity index (χ2v) is 3.17. The molecule has 1 aromatic rings. The molecule has 0 amide bonds. The molecule has 0 aliphatic rings. The molecule has 0 N–H and O–H groups in total. The van der Waals surface area contributed by atoms with Gasteiger partial charge in [-0.2, -0.15) is 0 Å². The predicted octanol–water partition coefficient (Wildman–Crippen LogP) is 3.05. The van der Waals surface area contributed by atoms with Crippen LogP contribution in [0.25, 0.3) is 0 Å². The van der Waals surface area contributed by atoms with Crippen LogP contribution in [0.4, 0.5) is 0 Å².